The van der Waals surface area contributed by atoms with E-state index in [-0.39, 0.29) is 0 Å². The normalized spacial score (nSPS) is 11.7. The van der Waals surface area contributed by atoms with Crippen LogP contribution in [0.15, 0.2) is 0 Å². The van der Waals surface area contributed by atoms with Crippen molar-refractivity contribution in [1.82, 2.24) is 16.0 Å². The Morgan fingerprint density at radius 3 is 1.57 bits per heavy atom. The van der Waals surface area contributed by atoms with Gasteiger partial charge in [0, 0.05) is 52.4 Å². The molecule has 0 aliphatic heterocycles. The fourth-order valence-corrected chi connectivity index (χ4v) is 1.56. The number of carboxylic acid groups (broad SMARTS) is 1. The van der Waals surface area contributed by atoms with Crippen molar-refractivity contribution in [1.29, 1.82) is 0 Å². The van der Waals surface area contributed by atoms with E-state index in [0.717, 1.165) is 52.1 Å². The lowest BCUT2D eigenvalue weighted by Crippen LogP contribution is -2.35. The maximum Gasteiger partial charge on any atom is 0.320 e. The van der Waals surface area contributed by atoms with Gasteiger partial charge in [-0.15, -0.1) is 0 Å². The number of unbranched alkanes of at least 4 members (excludes halogenated alkanes) is 1. The number of rotatable bonds is 15. The Morgan fingerprint density at radius 2 is 1.22 bits per heavy atom. The Bertz CT molecular complexity index is 235. The van der Waals surface area contributed by atoms with E-state index in [9.17, 15) is 4.79 Å². The van der Waals surface area contributed by atoms with Crippen LogP contribution in [0, 0.1) is 0 Å². The lowest BCUT2D eigenvalue weighted by Gasteiger charge is -2.06. The van der Waals surface area contributed by atoms with E-state index in [1.165, 1.54) is 0 Å². The number of aliphatic carboxylic acids is 1. The number of carbonyl (C=O) groups is 1. The summed E-state index contributed by atoms with van der Waals surface area (Å²) in [6, 6.07) is -0.716. The summed E-state index contributed by atoms with van der Waals surface area (Å²) in [6.45, 7) is 7.75. The third kappa shape index (κ3) is 23.6. The highest BCUT2D eigenvalue weighted by Gasteiger charge is 2.09. The highest BCUT2D eigenvalue weighted by atomic mass is 16.4. The third-order valence-electron chi connectivity index (χ3n) is 2.89. The van der Waals surface area contributed by atoms with Crippen molar-refractivity contribution in [3.05, 3.63) is 0 Å². The van der Waals surface area contributed by atoms with E-state index >= 15 is 0 Å². The fourth-order valence-electron chi connectivity index (χ4n) is 1.56. The van der Waals surface area contributed by atoms with Crippen molar-refractivity contribution in [2.75, 3.05) is 58.9 Å². The summed E-state index contributed by atoms with van der Waals surface area (Å²) >= 11 is 0. The van der Waals surface area contributed by atoms with Gasteiger partial charge in [0.2, 0.25) is 0 Å². The molecule has 0 fully saturated rings. The molecule has 0 radical (unpaired) electrons. The molecule has 0 saturated carbocycles. The van der Waals surface area contributed by atoms with Crippen LogP contribution in [0.5, 0.6) is 0 Å². The SMILES string of the molecule is NCCCCC(N)C(=O)O.NCCNCCNCCNCCN. The van der Waals surface area contributed by atoms with Crippen LogP contribution in [0.3, 0.4) is 0 Å². The van der Waals surface area contributed by atoms with E-state index in [4.69, 9.17) is 28.0 Å². The highest BCUT2D eigenvalue weighted by molar-refractivity contribution is 5.72. The number of carboxylic acids is 1. The molecule has 0 amide bonds. The first-order valence-corrected chi connectivity index (χ1v) is 8.30. The molecule has 0 bridgehead atoms. The Balaban J connectivity index is 0. The molecule has 9 nitrogen and oxygen atoms in total. The van der Waals surface area contributed by atoms with E-state index in [2.05, 4.69) is 16.0 Å². The standard InChI is InChI=1S/C8H23N5.C6H14N2O2/c9-1-3-11-5-7-13-8-6-12-4-2-10;7-4-2-1-3-5(8)6(9)10/h11-13H,1-10H2;5H,1-4,7-8H2,(H,9,10). The molecular formula is C14H37N7O2. The van der Waals surface area contributed by atoms with E-state index < -0.39 is 12.0 Å². The van der Waals surface area contributed by atoms with Crippen LogP contribution in [0.25, 0.3) is 0 Å². The van der Waals surface area contributed by atoms with Gasteiger partial charge in [-0.2, -0.15) is 0 Å². The third-order valence-corrected chi connectivity index (χ3v) is 2.89. The average Bonchev–Trinajstić information content (AvgIpc) is 2.54. The van der Waals surface area contributed by atoms with Crippen LogP contribution in [0.4, 0.5) is 0 Å². The minimum absolute atomic E-state index is 0.520. The topological polar surface area (TPSA) is 177 Å². The van der Waals surface area contributed by atoms with Gasteiger partial charge in [-0.3, -0.25) is 4.79 Å². The van der Waals surface area contributed by atoms with Crippen LogP contribution < -0.4 is 38.9 Å². The van der Waals surface area contributed by atoms with Gasteiger partial charge in [0.25, 0.3) is 0 Å². The van der Waals surface area contributed by atoms with Crippen LogP contribution in [0.1, 0.15) is 19.3 Å². The second kappa shape index (κ2) is 21.2. The monoisotopic (exact) mass is 335 g/mol. The Morgan fingerprint density at radius 1 is 0.783 bits per heavy atom. The lowest BCUT2D eigenvalue weighted by atomic mass is 10.1. The molecule has 1 atom stereocenters. The van der Waals surface area contributed by atoms with Crippen molar-refractivity contribution in [2.24, 2.45) is 22.9 Å². The quantitative estimate of drug-likeness (QED) is 0.147. The summed E-state index contributed by atoms with van der Waals surface area (Å²) in [7, 11) is 0. The first kappa shape index (κ1) is 24.4. The van der Waals surface area contributed by atoms with Gasteiger partial charge in [0.05, 0.1) is 0 Å². The number of hydrogen-bond donors (Lipinski definition) is 8. The van der Waals surface area contributed by atoms with E-state index in [1.807, 2.05) is 0 Å². The summed E-state index contributed by atoms with van der Waals surface area (Å²) in [6.07, 6.45) is 2.16. The predicted octanol–water partition coefficient (Wildman–Crippen LogP) is -2.80. The molecule has 1 unspecified atom stereocenters. The Kier molecular flexibility index (Phi) is 22.5. The molecule has 0 rings (SSSR count). The van der Waals surface area contributed by atoms with Gasteiger partial charge in [-0.25, -0.2) is 0 Å². The zero-order valence-corrected chi connectivity index (χ0v) is 14.2. The molecule has 0 aromatic rings. The number of nitrogens with one attached hydrogen (secondary N) is 3. The first-order valence-electron chi connectivity index (χ1n) is 8.30. The maximum atomic E-state index is 10.1. The van der Waals surface area contributed by atoms with Gasteiger partial charge >= 0.3 is 5.97 Å². The molecule has 12 N–H and O–H groups in total. The van der Waals surface area contributed by atoms with Gasteiger partial charge < -0.3 is 44.0 Å². The molecule has 0 saturated heterocycles. The molecule has 23 heavy (non-hydrogen) atoms. The van der Waals surface area contributed by atoms with Gasteiger partial charge in [0.1, 0.15) is 6.04 Å². The summed E-state index contributed by atoms with van der Waals surface area (Å²) < 4.78 is 0. The Labute approximate surface area is 139 Å². The molecule has 0 aliphatic rings. The van der Waals surface area contributed by atoms with Crippen LogP contribution >= 0.6 is 0 Å². The fraction of sp³-hybridized carbons (Fsp3) is 0.929. The van der Waals surface area contributed by atoms with E-state index in [1.54, 1.807) is 0 Å². The zero-order chi connectivity index (χ0) is 17.8. The van der Waals surface area contributed by atoms with Gasteiger partial charge in [-0.1, -0.05) is 6.42 Å². The summed E-state index contributed by atoms with van der Waals surface area (Å²) in [5.41, 5.74) is 21.1. The largest absolute Gasteiger partial charge is 0.480 e. The van der Waals surface area contributed by atoms with Crippen molar-refractivity contribution < 1.29 is 9.90 Å². The minimum atomic E-state index is -0.933. The molecule has 0 aliphatic carbocycles. The van der Waals surface area contributed by atoms with Gasteiger partial charge in [-0.05, 0) is 19.4 Å². The molecule has 140 valence electrons. The minimum Gasteiger partial charge on any atom is -0.480 e. The van der Waals surface area contributed by atoms with Crippen molar-refractivity contribution >= 4 is 5.97 Å². The average molecular weight is 335 g/mol. The van der Waals surface area contributed by atoms with E-state index in [0.29, 0.717) is 26.1 Å². The highest BCUT2D eigenvalue weighted by Crippen LogP contribution is 1.96. The maximum absolute atomic E-state index is 10.1. The predicted molar refractivity (Wildman–Crippen MR) is 95.2 cm³/mol. The molecule has 0 spiro atoms. The van der Waals surface area contributed by atoms with Crippen molar-refractivity contribution in [3.63, 3.8) is 0 Å². The summed E-state index contributed by atoms with van der Waals surface area (Å²) in [5, 5.41) is 18.0. The summed E-state index contributed by atoms with van der Waals surface area (Å²) in [4.78, 5) is 10.1. The molecule has 0 aromatic carbocycles. The number of hydrogen-bond acceptors (Lipinski definition) is 8. The second-order valence-corrected chi connectivity index (χ2v) is 5.06. The van der Waals surface area contributed by atoms with Gasteiger partial charge in [0.15, 0.2) is 0 Å². The summed E-state index contributed by atoms with van der Waals surface area (Å²) in [5.74, 6) is -0.933. The second-order valence-electron chi connectivity index (χ2n) is 5.06. The Hall–Kier alpha value is -0.810. The zero-order valence-electron chi connectivity index (χ0n) is 14.2. The molecule has 9 heteroatoms. The molecular weight excluding hydrogens is 298 g/mol. The number of nitrogens with two attached hydrogens (primary N) is 4. The van der Waals surface area contributed by atoms with Crippen molar-refractivity contribution in [3.8, 4) is 0 Å². The van der Waals surface area contributed by atoms with Crippen molar-refractivity contribution in [2.45, 2.75) is 25.3 Å². The first-order chi connectivity index (χ1) is 11.1. The molecule has 0 heterocycles. The lowest BCUT2D eigenvalue weighted by molar-refractivity contribution is -0.138. The smallest absolute Gasteiger partial charge is 0.320 e. The van der Waals surface area contributed by atoms with Crippen LogP contribution in [-0.4, -0.2) is 76.0 Å². The van der Waals surface area contributed by atoms with Crippen LogP contribution in [-0.2, 0) is 4.79 Å². The molecule has 0 aromatic heterocycles. The van der Waals surface area contributed by atoms with Crippen LogP contribution in [0.2, 0.25) is 0 Å².